The standard InChI is InChI=1S/2C11H9N5.2BF4.Zn/c2*1-4-10(15-8-2-6-12-15)14-11(5-1)16-9-3-7-13-16;2*2-1(3,4)5;/h2*1-9H;;;/q;;2*-1;+2. The van der Waals surface area contributed by atoms with E-state index in [0.717, 1.165) is 23.3 Å². The van der Waals surface area contributed by atoms with Gasteiger partial charge in [0.25, 0.3) is 0 Å². The van der Waals surface area contributed by atoms with Gasteiger partial charge in [0.05, 0.1) is 0 Å². The van der Waals surface area contributed by atoms with Crippen LogP contribution in [0.3, 0.4) is 0 Å². The molecule has 0 aliphatic heterocycles. The molecule has 0 radical (unpaired) electrons. The molecule has 10 nitrogen and oxygen atoms in total. The van der Waals surface area contributed by atoms with Crippen molar-refractivity contribution in [2.75, 3.05) is 0 Å². The molecule has 0 spiro atoms. The van der Waals surface area contributed by atoms with Gasteiger partial charge in [-0.1, -0.05) is 12.1 Å². The van der Waals surface area contributed by atoms with Gasteiger partial charge in [-0.2, -0.15) is 20.4 Å². The van der Waals surface area contributed by atoms with Gasteiger partial charge in [-0.05, 0) is 48.5 Å². The third-order valence-corrected chi connectivity index (χ3v) is 4.40. The van der Waals surface area contributed by atoms with Gasteiger partial charge >= 0.3 is 34.0 Å². The van der Waals surface area contributed by atoms with E-state index in [0.29, 0.717) is 0 Å². The quantitative estimate of drug-likeness (QED) is 0.183. The van der Waals surface area contributed by atoms with Gasteiger partial charge in [-0.15, -0.1) is 0 Å². The summed E-state index contributed by atoms with van der Waals surface area (Å²) in [7, 11) is -12.0. The number of rotatable bonds is 4. The van der Waals surface area contributed by atoms with Gasteiger partial charge in [-0.3, -0.25) is 0 Å². The summed E-state index contributed by atoms with van der Waals surface area (Å²) in [6.45, 7) is 0. The molecule has 0 unspecified atom stereocenters. The van der Waals surface area contributed by atoms with Gasteiger partial charge in [0.2, 0.25) is 0 Å². The molecule has 6 aromatic heterocycles. The topological polar surface area (TPSA) is 97.1 Å². The molecule has 0 saturated heterocycles. The molecule has 6 aromatic rings. The van der Waals surface area contributed by atoms with Crippen molar-refractivity contribution in [3.8, 4) is 23.3 Å². The zero-order chi connectivity index (χ0) is 30.6. The molecule has 0 bridgehead atoms. The molecule has 6 heterocycles. The monoisotopic (exact) mass is 660 g/mol. The van der Waals surface area contributed by atoms with E-state index in [1.54, 1.807) is 43.5 Å². The van der Waals surface area contributed by atoms with Crippen LogP contribution in [0.25, 0.3) is 23.3 Å². The molecular weight excluding hydrogens is 643 g/mol. The molecule has 0 saturated carbocycles. The number of pyridine rings is 2. The van der Waals surface area contributed by atoms with E-state index < -0.39 is 14.5 Å². The number of nitrogens with zero attached hydrogens (tertiary/aromatic N) is 10. The van der Waals surface area contributed by atoms with E-state index in [2.05, 4.69) is 30.4 Å². The van der Waals surface area contributed by atoms with Crippen LogP contribution in [0.2, 0.25) is 0 Å². The number of halogens is 8. The van der Waals surface area contributed by atoms with E-state index >= 15 is 0 Å². The first-order valence-electron chi connectivity index (χ1n) is 11.6. The van der Waals surface area contributed by atoms with Gasteiger partial charge in [0.15, 0.2) is 23.3 Å². The maximum atomic E-state index is 9.75. The Hall–Kier alpha value is -4.67. The van der Waals surface area contributed by atoms with Crippen LogP contribution in [0, 0.1) is 0 Å². The largest absolute Gasteiger partial charge is 2.00 e. The Bertz CT molecular complexity index is 1350. The first-order valence-corrected chi connectivity index (χ1v) is 11.6. The summed E-state index contributed by atoms with van der Waals surface area (Å²) >= 11 is 0. The number of aromatic nitrogens is 10. The molecule has 43 heavy (non-hydrogen) atoms. The number of hydrogen-bond donors (Lipinski definition) is 0. The average Bonchev–Trinajstić information content (AvgIpc) is 3.76. The fraction of sp³-hybridized carbons (Fsp3) is 0. The van der Waals surface area contributed by atoms with Crippen molar-refractivity contribution in [3.63, 3.8) is 0 Å². The summed E-state index contributed by atoms with van der Waals surface area (Å²) in [4.78, 5) is 8.92. The Balaban J connectivity index is 0.000000226. The first kappa shape index (κ1) is 34.5. The van der Waals surface area contributed by atoms with Crippen molar-refractivity contribution in [1.82, 2.24) is 49.1 Å². The zero-order valence-corrected chi connectivity index (χ0v) is 24.7. The summed E-state index contributed by atoms with van der Waals surface area (Å²) in [5.41, 5.74) is 0. The summed E-state index contributed by atoms with van der Waals surface area (Å²) in [5, 5.41) is 16.5. The minimum Gasteiger partial charge on any atom is -0.418 e. The van der Waals surface area contributed by atoms with Crippen LogP contribution in [-0.4, -0.2) is 63.6 Å². The SMILES string of the molecule is F[B-](F)(F)F.F[B-](F)(F)F.[Zn+2].c1cc(-n2cccn2)nc(-n2cccn2)c1.c1cc(-n2cccn2)nc(-n2cccn2)c1. The smallest absolute Gasteiger partial charge is 0.418 e. The van der Waals surface area contributed by atoms with Crippen LogP contribution in [-0.2, 0) is 19.5 Å². The van der Waals surface area contributed by atoms with E-state index in [4.69, 9.17) is 0 Å². The maximum absolute atomic E-state index is 9.75. The predicted molar refractivity (Wildman–Crippen MR) is 137 cm³/mol. The average molecular weight is 661 g/mol. The fourth-order valence-corrected chi connectivity index (χ4v) is 2.95. The Morgan fingerprint density at radius 2 is 0.605 bits per heavy atom. The van der Waals surface area contributed by atoms with E-state index in [-0.39, 0.29) is 19.5 Å². The third kappa shape index (κ3) is 13.2. The molecule has 0 aromatic carbocycles. The minimum absolute atomic E-state index is 0. The second-order valence-corrected chi connectivity index (χ2v) is 7.50. The molecule has 0 aliphatic rings. The molecular formula is C22H18B2F8N10Zn. The van der Waals surface area contributed by atoms with Gasteiger partial charge < -0.3 is 34.5 Å². The van der Waals surface area contributed by atoms with Gasteiger partial charge in [0, 0.05) is 49.6 Å². The summed E-state index contributed by atoms with van der Waals surface area (Å²) in [5.74, 6) is 3.10. The van der Waals surface area contributed by atoms with E-state index in [1.807, 2.05) is 85.5 Å². The maximum Gasteiger partial charge on any atom is 2.00 e. The van der Waals surface area contributed by atoms with Crippen molar-refractivity contribution in [2.45, 2.75) is 0 Å². The molecule has 0 fully saturated rings. The first-order chi connectivity index (χ1) is 19.9. The molecule has 6 rings (SSSR count). The summed E-state index contributed by atoms with van der Waals surface area (Å²) in [6.07, 6.45) is 14.3. The minimum atomic E-state index is -6.00. The second-order valence-electron chi connectivity index (χ2n) is 7.50. The Morgan fingerprint density at radius 1 is 0.395 bits per heavy atom. The fourth-order valence-electron chi connectivity index (χ4n) is 2.95. The normalized spacial score (nSPS) is 10.6. The molecule has 220 valence electrons. The Kier molecular flexibility index (Phi) is 12.9. The van der Waals surface area contributed by atoms with E-state index in [1.165, 1.54) is 0 Å². The second kappa shape index (κ2) is 16.1. The van der Waals surface area contributed by atoms with Gasteiger partial charge in [-0.25, -0.2) is 28.7 Å². The van der Waals surface area contributed by atoms with Crippen molar-refractivity contribution in [2.24, 2.45) is 0 Å². The Morgan fingerprint density at radius 3 is 0.767 bits per heavy atom. The molecule has 0 aliphatic carbocycles. The molecule has 21 heteroatoms. The van der Waals surface area contributed by atoms with Crippen molar-refractivity contribution in [1.29, 1.82) is 0 Å². The summed E-state index contributed by atoms with van der Waals surface area (Å²) < 4.78 is 84.9. The third-order valence-electron chi connectivity index (χ3n) is 4.40. The van der Waals surface area contributed by atoms with Crippen molar-refractivity contribution < 1.29 is 54.0 Å². The van der Waals surface area contributed by atoms with Crippen LogP contribution in [0.1, 0.15) is 0 Å². The van der Waals surface area contributed by atoms with E-state index in [9.17, 15) is 34.5 Å². The van der Waals surface area contributed by atoms with Crippen LogP contribution < -0.4 is 0 Å². The zero-order valence-electron chi connectivity index (χ0n) is 21.7. The molecule has 0 N–H and O–H groups in total. The van der Waals surface area contributed by atoms with Crippen LogP contribution in [0.15, 0.2) is 110 Å². The van der Waals surface area contributed by atoms with Crippen LogP contribution in [0.5, 0.6) is 0 Å². The summed E-state index contributed by atoms with van der Waals surface area (Å²) in [6, 6.07) is 18.9. The number of hydrogen-bond acceptors (Lipinski definition) is 6. The molecule has 0 amide bonds. The predicted octanol–water partition coefficient (Wildman–Crippen LogP) is 5.50. The van der Waals surface area contributed by atoms with Crippen molar-refractivity contribution >= 4 is 14.5 Å². The van der Waals surface area contributed by atoms with Crippen LogP contribution in [0.4, 0.5) is 34.5 Å². The van der Waals surface area contributed by atoms with Gasteiger partial charge in [0.1, 0.15) is 0 Å². The van der Waals surface area contributed by atoms with Crippen LogP contribution >= 0.6 is 0 Å². The van der Waals surface area contributed by atoms with Crippen molar-refractivity contribution in [3.05, 3.63) is 110 Å². The molecule has 0 atom stereocenters. The Labute approximate surface area is 251 Å².